The van der Waals surface area contributed by atoms with E-state index in [0.29, 0.717) is 16.7 Å². The first-order valence-electron chi connectivity index (χ1n) is 11.8. The first kappa shape index (κ1) is 24.0. The molecule has 2 fully saturated rings. The molecule has 3 aliphatic rings. The molecule has 0 aromatic heterocycles. The Morgan fingerprint density at radius 3 is 2.39 bits per heavy atom. The number of aliphatic hydroxyl groups excluding tert-OH is 2. The maximum Gasteiger partial charge on any atom is 0.230 e. The minimum absolute atomic E-state index is 0.0800. The smallest absolute Gasteiger partial charge is 0.230 e. The van der Waals surface area contributed by atoms with Crippen LogP contribution in [0.5, 0.6) is 5.75 Å². The molecule has 9 nitrogen and oxygen atoms in total. The van der Waals surface area contributed by atoms with Crippen LogP contribution in [0.3, 0.4) is 0 Å². The minimum Gasteiger partial charge on any atom is -0.507 e. The van der Waals surface area contributed by atoms with E-state index in [1.54, 1.807) is 0 Å². The third kappa shape index (κ3) is 3.19. The Bertz CT molecular complexity index is 1330. The van der Waals surface area contributed by atoms with Gasteiger partial charge in [-0.3, -0.25) is 14.4 Å². The number of nitrogens with two attached hydrogens (primary N) is 1. The molecule has 2 aromatic carbocycles. The first-order valence-corrected chi connectivity index (χ1v) is 11.8. The molecule has 0 radical (unpaired) electrons. The van der Waals surface area contributed by atoms with Crippen LogP contribution in [0.15, 0.2) is 42.0 Å². The van der Waals surface area contributed by atoms with Crippen molar-refractivity contribution in [1.82, 2.24) is 0 Å². The van der Waals surface area contributed by atoms with E-state index in [-0.39, 0.29) is 36.1 Å². The number of phenols is 1. The van der Waals surface area contributed by atoms with Gasteiger partial charge >= 0.3 is 0 Å². The van der Waals surface area contributed by atoms with Crippen LogP contribution in [-0.2, 0) is 20.8 Å². The molecule has 5 rings (SSSR count). The van der Waals surface area contributed by atoms with E-state index >= 15 is 0 Å². The van der Waals surface area contributed by atoms with Gasteiger partial charge in [-0.15, -0.1) is 0 Å². The van der Waals surface area contributed by atoms with Crippen molar-refractivity contribution in [3.05, 3.63) is 53.1 Å². The van der Waals surface area contributed by atoms with Gasteiger partial charge in [0, 0.05) is 36.8 Å². The fourth-order valence-electron chi connectivity index (χ4n) is 6.21. The van der Waals surface area contributed by atoms with Crippen molar-refractivity contribution in [2.45, 2.75) is 31.0 Å². The maximum atomic E-state index is 13.7. The van der Waals surface area contributed by atoms with Gasteiger partial charge in [0.15, 0.2) is 11.4 Å². The molecule has 0 spiro atoms. The number of Topliss-reactive ketones (excluding diaryl/α,β-unsaturated/α-hetero) is 2. The van der Waals surface area contributed by atoms with Gasteiger partial charge in [-0.2, -0.15) is 0 Å². The number of fused-ring (bicyclic) bond motifs is 3. The number of hydrogen-bond donors (Lipinski definition) is 5. The molecule has 3 aliphatic carbocycles. The van der Waals surface area contributed by atoms with Gasteiger partial charge in [-0.1, -0.05) is 30.3 Å². The SMILES string of the molecule is CN(C)c1cc(-c2ccccc2)c(O)c2c1C[C@H]1C[C@H]3CC(O)C(C(N)=O)C(=O)[C@@]3(O)C(=O)C1=C2O. The van der Waals surface area contributed by atoms with Gasteiger partial charge in [0.2, 0.25) is 11.7 Å². The number of anilines is 1. The lowest BCUT2D eigenvalue weighted by atomic mass is 9.56. The van der Waals surface area contributed by atoms with Crippen LogP contribution in [0, 0.1) is 17.8 Å². The summed E-state index contributed by atoms with van der Waals surface area (Å²) in [6.07, 6.45) is -1.16. The molecule has 2 unspecified atom stereocenters. The Labute approximate surface area is 207 Å². The molecule has 0 aliphatic heterocycles. The van der Waals surface area contributed by atoms with Gasteiger partial charge in [-0.05, 0) is 42.4 Å². The summed E-state index contributed by atoms with van der Waals surface area (Å²) in [5.41, 5.74) is 5.17. The highest BCUT2D eigenvalue weighted by Crippen LogP contribution is 2.54. The van der Waals surface area contributed by atoms with Gasteiger partial charge in [0.25, 0.3) is 0 Å². The number of nitrogens with zero attached hydrogens (tertiary/aromatic N) is 1. The largest absolute Gasteiger partial charge is 0.507 e. The van der Waals surface area contributed by atoms with Crippen LogP contribution in [0.1, 0.15) is 24.0 Å². The lowest BCUT2D eigenvalue weighted by Crippen LogP contribution is -2.66. The van der Waals surface area contributed by atoms with Crippen molar-refractivity contribution < 1.29 is 34.8 Å². The number of carbonyl (C=O) groups excluding carboxylic acids is 3. The van der Waals surface area contributed by atoms with E-state index in [1.807, 2.05) is 55.4 Å². The topological polar surface area (TPSA) is 161 Å². The van der Waals surface area contributed by atoms with Crippen LogP contribution in [0.2, 0.25) is 0 Å². The van der Waals surface area contributed by atoms with Crippen molar-refractivity contribution >= 4 is 28.9 Å². The quantitative estimate of drug-likeness (QED) is 0.401. The van der Waals surface area contributed by atoms with Crippen LogP contribution in [0.25, 0.3) is 16.9 Å². The zero-order chi connectivity index (χ0) is 26.1. The number of aliphatic hydroxyl groups is 3. The summed E-state index contributed by atoms with van der Waals surface area (Å²) in [6, 6.07) is 10.9. The maximum absolute atomic E-state index is 13.7. The van der Waals surface area contributed by atoms with E-state index < -0.39 is 52.7 Å². The molecule has 5 atom stereocenters. The Hall–Kier alpha value is -3.69. The van der Waals surface area contributed by atoms with Crippen LogP contribution >= 0.6 is 0 Å². The fourth-order valence-corrected chi connectivity index (χ4v) is 6.21. The monoisotopic (exact) mass is 492 g/mol. The number of hydrogen-bond acceptors (Lipinski definition) is 8. The zero-order valence-electron chi connectivity index (χ0n) is 19.9. The number of carbonyl (C=O) groups is 3. The third-order valence-corrected chi connectivity index (χ3v) is 7.93. The van der Waals surface area contributed by atoms with E-state index in [2.05, 4.69) is 0 Å². The van der Waals surface area contributed by atoms with E-state index in [0.717, 1.165) is 5.69 Å². The van der Waals surface area contributed by atoms with E-state index in [9.17, 15) is 34.8 Å². The van der Waals surface area contributed by atoms with Crippen molar-refractivity contribution in [2.75, 3.05) is 19.0 Å². The summed E-state index contributed by atoms with van der Waals surface area (Å²) in [6.45, 7) is 0. The molecule has 2 saturated carbocycles. The van der Waals surface area contributed by atoms with Crippen LogP contribution in [-0.4, -0.2) is 63.7 Å². The Balaban J connectivity index is 1.71. The minimum atomic E-state index is -2.59. The first-order chi connectivity index (χ1) is 17.0. The molecule has 188 valence electrons. The molecule has 0 saturated heterocycles. The summed E-state index contributed by atoms with van der Waals surface area (Å²) >= 11 is 0. The molecule has 2 aromatic rings. The number of benzene rings is 2. The molecule has 9 heteroatoms. The van der Waals surface area contributed by atoms with Crippen molar-refractivity contribution in [3.8, 4) is 16.9 Å². The molecule has 0 heterocycles. The molecular weight excluding hydrogens is 464 g/mol. The molecular formula is C27H28N2O7. The lowest BCUT2D eigenvalue weighted by molar-refractivity contribution is -0.174. The van der Waals surface area contributed by atoms with Crippen molar-refractivity contribution in [2.24, 2.45) is 23.5 Å². The summed E-state index contributed by atoms with van der Waals surface area (Å²) < 4.78 is 0. The fraction of sp³-hybridized carbons (Fsp3) is 0.370. The average Bonchev–Trinajstić information content (AvgIpc) is 2.81. The van der Waals surface area contributed by atoms with Gasteiger partial charge in [0.1, 0.15) is 17.4 Å². The van der Waals surface area contributed by atoms with Gasteiger partial charge in [0.05, 0.1) is 11.7 Å². The Kier molecular flexibility index (Phi) is 5.46. The number of primary amides is 1. The second-order valence-electron chi connectivity index (χ2n) is 10.1. The predicted octanol–water partition coefficient (Wildman–Crippen LogP) is 1.32. The standard InChI is InChI=1S/C27H28N2O7/c1-29(2)17-11-15(12-6-4-3-5-7-12)22(31)20-16(17)9-13-8-14-10-18(30)21(26(28)35)25(34)27(14,36)24(33)19(13)23(20)32/h3-7,11,13-14,18,21,30-32,36H,8-10H2,1-2H3,(H2,28,35)/t13-,14+,18?,21?,27+/m1/s1. The van der Waals surface area contributed by atoms with Crippen LogP contribution < -0.4 is 10.6 Å². The zero-order valence-corrected chi connectivity index (χ0v) is 19.9. The van der Waals surface area contributed by atoms with Gasteiger partial charge in [-0.25, -0.2) is 0 Å². The van der Waals surface area contributed by atoms with Gasteiger partial charge < -0.3 is 31.1 Å². The lowest BCUT2D eigenvalue weighted by Gasteiger charge is -2.48. The summed E-state index contributed by atoms with van der Waals surface area (Å²) in [7, 11) is 3.67. The summed E-state index contributed by atoms with van der Waals surface area (Å²) in [4.78, 5) is 40.5. The Morgan fingerprint density at radius 2 is 1.78 bits per heavy atom. The highest BCUT2D eigenvalue weighted by molar-refractivity contribution is 6.24. The predicted molar refractivity (Wildman–Crippen MR) is 131 cm³/mol. The molecule has 6 N–H and O–H groups in total. The van der Waals surface area contributed by atoms with E-state index in [1.165, 1.54) is 0 Å². The number of amides is 1. The summed E-state index contributed by atoms with van der Waals surface area (Å²) in [5.74, 6) is -7.20. The highest BCUT2D eigenvalue weighted by Gasteiger charge is 2.64. The number of ketones is 2. The Morgan fingerprint density at radius 1 is 1.11 bits per heavy atom. The second kappa shape index (κ2) is 8.18. The normalized spacial score (nSPS) is 29.3. The molecule has 1 amide bonds. The number of rotatable bonds is 3. The van der Waals surface area contributed by atoms with Crippen molar-refractivity contribution in [3.63, 3.8) is 0 Å². The number of aromatic hydroxyl groups is 1. The molecule has 0 bridgehead atoms. The third-order valence-electron chi connectivity index (χ3n) is 7.93. The number of phenolic OH excluding ortho intramolecular Hbond substituents is 1. The average molecular weight is 493 g/mol. The van der Waals surface area contributed by atoms with E-state index in [4.69, 9.17) is 5.73 Å². The highest BCUT2D eigenvalue weighted by atomic mass is 16.3. The molecule has 36 heavy (non-hydrogen) atoms. The summed E-state index contributed by atoms with van der Waals surface area (Å²) in [5, 5.41) is 44.5. The second-order valence-corrected chi connectivity index (χ2v) is 10.1. The van der Waals surface area contributed by atoms with Crippen LogP contribution in [0.4, 0.5) is 5.69 Å². The van der Waals surface area contributed by atoms with Crippen molar-refractivity contribution in [1.29, 1.82) is 0 Å².